The zero-order chi connectivity index (χ0) is 13.7. The van der Waals surface area contributed by atoms with E-state index in [1.54, 1.807) is 6.20 Å². The summed E-state index contributed by atoms with van der Waals surface area (Å²) >= 11 is 6.02. The van der Waals surface area contributed by atoms with Crippen LogP contribution in [0.1, 0.15) is 18.1 Å². The van der Waals surface area contributed by atoms with E-state index < -0.39 is 0 Å². The van der Waals surface area contributed by atoms with Gasteiger partial charge in [0.15, 0.2) is 0 Å². The molecule has 0 fully saturated rings. The molecular formula is C15H17ClN2O. The molecule has 4 heteroatoms. The van der Waals surface area contributed by atoms with Gasteiger partial charge in [0.2, 0.25) is 0 Å². The molecule has 1 aromatic heterocycles. The minimum atomic E-state index is 0.627. The van der Waals surface area contributed by atoms with Crippen molar-refractivity contribution in [3.63, 3.8) is 0 Å². The van der Waals surface area contributed by atoms with Gasteiger partial charge in [-0.2, -0.15) is 0 Å². The molecule has 0 aliphatic heterocycles. The smallest absolute Gasteiger partial charge is 0.142 e. The summed E-state index contributed by atoms with van der Waals surface area (Å²) in [7, 11) is 0. The van der Waals surface area contributed by atoms with Gasteiger partial charge in [0.1, 0.15) is 5.75 Å². The molecule has 0 atom stereocenters. The van der Waals surface area contributed by atoms with Crippen molar-refractivity contribution in [1.82, 2.24) is 4.98 Å². The number of halogens is 1. The molecule has 0 saturated carbocycles. The monoisotopic (exact) mass is 276 g/mol. The summed E-state index contributed by atoms with van der Waals surface area (Å²) in [6.07, 6.45) is 3.66. The van der Waals surface area contributed by atoms with Crippen LogP contribution < -0.4 is 10.1 Å². The van der Waals surface area contributed by atoms with E-state index in [1.165, 1.54) is 5.56 Å². The second kappa shape index (κ2) is 6.43. The fourth-order valence-electron chi connectivity index (χ4n) is 1.79. The Balaban J connectivity index is 2.14. The number of anilines is 1. The zero-order valence-electron chi connectivity index (χ0n) is 11.1. The highest BCUT2D eigenvalue weighted by atomic mass is 35.5. The van der Waals surface area contributed by atoms with Gasteiger partial charge in [-0.05, 0) is 49.2 Å². The van der Waals surface area contributed by atoms with E-state index in [-0.39, 0.29) is 0 Å². The van der Waals surface area contributed by atoms with Crippen LogP contribution in [0.3, 0.4) is 0 Å². The summed E-state index contributed by atoms with van der Waals surface area (Å²) in [6, 6.07) is 7.58. The average Bonchev–Trinajstić information content (AvgIpc) is 2.41. The van der Waals surface area contributed by atoms with Crippen molar-refractivity contribution >= 4 is 17.3 Å². The Hall–Kier alpha value is -1.74. The standard InChI is InChI=1S/C15H17ClN2O/c1-3-19-15-5-4-13(16)8-14(15)18-10-12-9-17-7-6-11(12)2/h4-9,18H,3,10H2,1-2H3. The fourth-order valence-corrected chi connectivity index (χ4v) is 1.97. The number of hydrogen-bond donors (Lipinski definition) is 1. The molecule has 0 radical (unpaired) electrons. The van der Waals surface area contributed by atoms with Gasteiger partial charge < -0.3 is 10.1 Å². The fraction of sp³-hybridized carbons (Fsp3) is 0.267. The van der Waals surface area contributed by atoms with Crippen LogP contribution in [0.25, 0.3) is 0 Å². The average molecular weight is 277 g/mol. The van der Waals surface area contributed by atoms with E-state index in [9.17, 15) is 0 Å². The molecule has 0 bridgehead atoms. The quantitative estimate of drug-likeness (QED) is 0.894. The maximum atomic E-state index is 6.02. The summed E-state index contributed by atoms with van der Waals surface area (Å²) in [5.41, 5.74) is 3.27. The van der Waals surface area contributed by atoms with E-state index in [0.29, 0.717) is 18.2 Å². The van der Waals surface area contributed by atoms with Crippen molar-refractivity contribution in [3.8, 4) is 5.75 Å². The molecule has 3 nitrogen and oxygen atoms in total. The Morgan fingerprint density at radius 2 is 2.16 bits per heavy atom. The molecule has 0 aliphatic carbocycles. The van der Waals surface area contributed by atoms with Crippen molar-refractivity contribution in [2.24, 2.45) is 0 Å². The van der Waals surface area contributed by atoms with Gasteiger partial charge in [-0.1, -0.05) is 11.6 Å². The van der Waals surface area contributed by atoms with Crippen LogP contribution >= 0.6 is 11.6 Å². The molecule has 2 aromatic rings. The maximum Gasteiger partial charge on any atom is 0.142 e. The molecule has 1 N–H and O–H groups in total. The Morgan fingerprint density at radius 3 is 2.89 bits per heavy atom. The highest BCUT2D eigenvalue weighted by Crippen LogP contribution is 2.28. The van der Waals surface area contributed by atoms with E-state index in [2.05, 4.69) is 17.2 Å². The third-order valence-electron chi connectivity index (χ3n) is 2.86. The lowest BCUT2D eigenvalue weighted by Gasteiger charge is -2.13. The van der Waals surface area contributed by atoms with E-state index in [0.717, 1.165) is 17.0 Å². The summed E-state index contributed by atoms with van der Waals surface area (Å²) in [5.74, 6) is 0.813. The van der Waals surface area contributed by atoms with Crippen molar-refractivity contribution in [1.29, 1.82) is 0 Å². The van der Waals surface area contributed by atoms with Crippen LogP contribution in [0, 0.1) is 6.92 Å². The molecule has 0 amide bonds. The first-order valence-electron chi connectivity index (χ1n) is 6.26. The number of benzene rings is 1. The van der Waals surface area contributed by atoms with Gasteiger partial charge in [-0.15, -0.1) is 0 Å². The third-order valence-corrected chi connectivity index (χ3v) is 3.09. The lowest BCUT2D eigenvalue weighted by Crippen LogP contribution is -2.04. The predicted molar refractivity (Wildman–Crippen MR) is 78.9 cm³/mol. The van der Waals surface area contributed by atoms with Crippen LogP contribution in [0.4, 0.5) is 5.69 Å². The van der Waals surface area contributed by atoms with E-state index >= 15 is 0 Å². The molecule has 100 valence electrons. The lowest BCUT2D eigenvalue weighted by molar-refractivity contribution is 0.341. The van der Waals surface area contributed by atoms with Gasteiger partial charge in [-0.25, -0.2) is 0 Å². The van der Waals surface area contributed by atoms with Crippen molar-refractivity contribution < 1.29 is 4.74 Å². The molecule has 0 aliphatic rings. The maximum absolute atomic E-state index is 6.02. The molecule has 0 saturated heterocycles. The Labute approximate surface area is 118 Å². The molecule has 2 rings (SSSR count). The van der Waals surface area contributed by atoms with Crippen LogP contribution in [0.5, 0.6) is 5.75 Å². The Kier molecular flexibility index (Phi) is 4.63. The van der Waals surface area contributed by atoms with Crippen LogP contribution in [0.2, 0.25) is 5.02 Å². The normalized spacial score (nSPS) is 10.3. The summed E-state index contributed by atoms with van der Waals surface area (Å²) in [4.78, 5) is 4.14. The van der Waals surface area contributed by atoms with Crippen LogP contribution in [-0.2, 0) is 6.54 Å². The topological polar surface area (TPSA) is 34.1 Å². The van der Waals surface area contributed by atoms with Gasteiger partial charge >= 0.3 is 0 Å². The van der Waals surface area contributed by atoms with E-state index in [1.807, 2.05) is 37.4 Å². The molecule has 1 aromatic carbocycles. The summed E-state index contributed by atoms with van der Waals surface area (Å²) in [5, 5.41) is 4.04. The predicted octanol–water partition coefficient (Wildman–Crippen LogP) is 4.05. The largest absolute Gasteiger partial charge is 0.492 e. The minimum absolute atomic E-state index is 0.627. The number of rotatable bonds is 5. The first-order chi connectivity index (χ1) is 9.20. The molecule has 0 unspecified atom stereocenters. The van der Waals surface area contributed by atoms with Crippen molar-refractivity contribution in [2.45, 2.75) is 20.4 Å². The number of nitrogens with one attached hydrogen (secondary N) is 1. The highest BCUT2D eigenvalue weighted by Gasteiger charge is 2.05. The molecular weight excluding hydrogens is 260 g/mol. The van der Waals surface area contributed by atoms with Crippen molar-refractivity contribution in [2.75, 3.05) is 11.9 Å². The number of aromatic nitrogens is 1. The second-order valence-electron chi connectivity index (χ2n) is 4.23. The number of aryl methyl sites for hydroxylation is 1. The second-order valence-corrected chi connectivity index (χ2v) is 4.67. The number of pyridine rings is 1. The van der Waals surface area contributed by atoms with Crippen LogP contribution in [0.15, 0.2) is 36.7 Å². The summed E-state index contributed by atoms with van der Waals surface area (Å²) in [6.45, 7) is 5.35. The molecule has 19 heavy (non-hydrogen) atoms. The molecule has 0 spiro atoms. The van der Waals surface area contributed by atoms with Crippen molar-refractivity contribution in [3.05, 3.63) is 52.8 Å². The van der Waals surface area contributed by atoms with Gasteiger partial charge in [0.05, 0.1) is 12.3 Å². The van der Waals surface area contributed by atoms with Gasteiger partial charge in [0.25, 0.3) is 0 Å². The zero-order valence-corrected chi connectivity index (χ0v) is 11.9. The SMILES string of the molecule is CCOc1ccc(Cl)cc1NCc1cnccc1C. The number of hydrogen-bond acceptors (Lipinski definition) is 3. The first-order valence-corrected chi connectivity index (χ1v) is 6.64. The Morgan fingerprint density at radius 1 is 1.32 bits per heavy atom. The van der Waals surface area contributed by atoms with Crippen LogP contribution in [-0.4, -0.2) is 11.6 Å². The summed E-state index contributed by atoms with van der Waals surface area (Å²) < 4.78 is 5.57. The molecule has 1 heterocycles. The first kappa shape index (κ1) is 13.7. The minimum Gasteiger partial charge on any atom is -0.492 e. The highest BCUT2D eigenvalue weighted by molar-refractivity contribution is 6.30. The third kappa shape index (κ3) is 3.61. The van der Waals surface area contributed by atoms with Gasteiger partial charge in [0, 0.05) is 24.0 Å². The Bertz CT molecular complexity index is 558. The number of nitrogens with zero attached hydrogens (tertiary/aromatic N) is 1. The van der Waals surface area contributed by atoms with Gasteiger partial charge in [-0.3, -0.25) is 4.98 Å². The lowest BCUT2D eigenvalue weighted by atomic mass is 10.1. The number of ether oxygens (including phenoxy) is 1. The van der Waals surface area contributed by atoms with E-state index in [4.69, 9.17) is 16.3 Å².